The van der Waals surface area contributed by atoms with Gasteiger partial charge in [0.25, 0.3) is 0 Å². The number of rotatable bonds is 1. The Bertz CT molecular complexity index is 363. The van der Waals surface area contributed by atoms with Gasteiger partial charge in [0.2, 0.25) is 0 Å². The average molecular weight is 204 g/mol. The second-order valence-corrected chi connectivity index (χ2v) is 4.46. The molecule has 0 atom stereocenters. The maximum Gasteiger partial charge on any atom is 0.0115 e. The topological polar surface area (TPSA) is 0 Å². The zero-order valence-corrected chi connectivity index (χ0v) is 9.48. The Labute approximate surface area is 91.4 Å². The molecule has 0 aromatic heterocycles. The molecule has 0 N–H and O–H groups in total. The third kappa shape index (κ3) is 1.88. The van der Waals surface area contributed by atoms with Gasteiger partial charge in [-0.25, -0.2) is 0 Å². The fraction of sp³-hybridized carbons (Fsp3) is 0.385. The third-order valence-corrected chi connectivity index (χ3v) is 3.36. The zero-order valence-electron chi connectivity index (χ0n) is 8.59. The fourth-order valence-corrected chi connectivity index (χ4v) is 2.45. The predicted molar refractivity (Wildman–Crippen MR) is 64.8 cm³/mol. The van der Waals surface area contributed by atoms with E-state index in [4.69, 9.17) is 0 Å². The Kier molecular flexibility index (Phi) is 2.97. The van der Waals surface area contributed by atoms with Crippen molar-refractivity contribution in [1.29, 1.82) is 0 Å². The van der Waals surface area contributed by atoms with E-state index in [2.05, 4.69) is 37.8 Å². The van der Waals surface area contributed by atoms with Crippen molar-refractivity contribution in [2.75, 3.05) is 0 Å². The molecular formula is C13H16S. The van der Waals surface area contributed by atoms with E-state index in [0.717, 1.165) is 4.90 Å². The molecule has 0 saturated heterocycles. The third-order valence-electron chi connectivity index (χ3n) is 2.97. The Morgan fingerprint density at radius 3 is 2.50 bits per heavy atom. The summed E-state index contributed by atoms with van der Waals surface area (Å²) in [4.78, 5) is 1.11. The molecule has 1 aliphatic rings. The van der Waals surface area contributed by atoms with E-state index in [9.17, 15) is 0 Å². The van der Waals surface area contributed by atoms with E-state index in [1.54, 1.807) is 5.57 Å². The lowest BCUT2D eigenvalue weighted by molar-refractivity contribution is 0.713. The summed E-state index contributed by atoms with van der Waals surface area (Å²) in [5, 5.41) is 0. The molecule has 0 radical (unpaired) electrons. The van der Waals surface area contributed by atoms with Crippen LogP contribution >= 0.6 is 12.6 Å². The highest BCUT2D eigenvalue weighted by atomic mass is 32.1. The molecule has 0 spiro atoms. The van der Waals surface area contributed by atoms with Crippen LogP contribution in [0.4, 0.5) is 0 Å². The number of hydrogen-bond acceptors (Lipinski definition) is 1. The summed E-state index contributed by atoms with van der Waals surface area (Å²) >= 11 is 4.51. The van der Waals surface area contributed by atoms with Gasteiger partial charge < -0.3 is 0 Å². The van der Waals surface area contributed by atoms with Crippen molar-refractivity contribution in [3.63, 3.8) is 0 Å². The van der Waals surface area contributed by atoms with E-state index in [1.165, 1.54) is 36.8 Å². The van der Waals surface area contributed by atoms with Gasteiger partial charge >= 0.3 is 0 Å². The van der Waals surface area contributed by atoms with Gasteiger partial charge in [-0.1, -0.05) is 23.8 Å². The predicted octanol–water partition coefficient (Wildman–Crippen LogP) is 4.32. The molecule has 1 aliphatic carbocycles. The van der Waals surface area contributed by atoms with Gasteiger partial charge in [-0.05, 0) is 49.8 Å². The first-order valence-electron chi connectivity index (χ1n) is 5.26. The van der Waals surface area contributed by atoms with Crippen LogP contribution in [0.25, 0.3) is 5.57 Å². The Morgan fingerprint density at radius 1 is 1.07 bits per heavy atom. The lowest BCUT2D eigenvalue weighted by Crippen LogP contribution is -1.97. The molecule has 14 heavy (non-hydrogen) atoms. The molecule has 74 valence electrons. The first kappa shape index (κ1) is 9.85. The first-order valence-corrected chi connectivity index (χ1v) is 5.71. The number of hydrogen-bond donors (Lipinski definition) is 1. The van der Waals surface area contributed by atoms with Crippen molar-refractivity contribution in [3.05, 3.63) is 35.4 Å². The standard InChI is InChI=1S/C13H16S/c1-10-6-2-3-7-11(10)12-8-4-5-9-13(12)14/h4-5,8-9,14H,2-3,6-7H2,1H3. The van der Waals surface area contributed by atoms with Gasteiger partial charge in [0.15, 0.2) is 0 Å². The van der Waals surface area contributed by atoms with Crippen molar-refractivity contribution in [2.24, 2.45) is 0 Å². The molecule has 2 rings (SSSR count). The molecule has 0 aliphatic heterocycles. The summed E-state index contributed by atoms with van der Waals surface area (Å²) in [6, 6.07) is 8.41. The van der Waals surface area contributed by atoms with Crippen LogP contribution in [0.15, 0.2) is 34.7 Å². The van der Waals surface area contributed by atoms with E-state index in [0.29, 0.717) is 0 Å². The number of thiol groups is 1. The molecular weight excluding hydrogens is 188 g/mol. The van der Waals surface area contributed by atoms with E-state index < -0.39 is 0 Å². The summed E-state index contributed by atoms with van der Waals surface area (Å²) in [5.74, 6) is 0. The highest BCUT2D eigenvalue weighted by molar-refractivity contribution is 7.80. The van der Waals surface area contributed by atoms with Crippen LogP contribution in [0.3, 0.4) is 0 Å². The molecule has 0 bridgehead atoms. The maximum atomic E-state index is 4.51. The highest BCUT2D eigenvalue weighted by Gasteiger charge is 2.12. The second kappa shape index (κ2) is 4.22. The van der Waals surface area contributed by atoms with E-state index in [-0.39, 0.29) is 0 Å². The lowest BCUT2D eigenvalue weighted by Gasteiger charge is -2.19. The molecule has 0 saturated carbocycles. The van der Waals surface area contributed by atoms with Crippen LogP contribution in [0.5, 0.6) is 0 Å². The minimum Gasteiger partial charge on any atom is -0.143 e. The van der Waals surface area contributed by atoms with Gasteiger partial charge in [-0.15, -0.1) is 12.6 Å². The quantitative estimate of drug-likeness (QED) is 0.647. The second-order valence-electron chi connectivity index (χ2n) is 3.98. The summed E-state index contributed by atoms with van der Waals surface area (Å²) in [6.45, 7) is 2.26. The molecule has 1 heteroatoms. The molecule has 1 aromatic rings. The average Bonchev–Trinajstić information content (AvgIpc) is 2.20. The van der Waals surface area contributed by atoms with Crippen molar-refractivity contribution in [1.82, 2.24) is 0 Å². The monoisotopic (exact) mass is 204 g/mol. The Balaban J connectivity index is 2.43. The summed E-state index contributed by atoms with van der Waals surface area (Å²) in [5.41, 5.74) is 4.42. The number of allylic oxidation sites excluding steroid dienone is 2. The smallest absolute Gasteiger partial charge is 0.0115 e. The van der Waals surface area contributed by atoms with Gasteiger partial charge in [-0.2, -0.15) is 0 Å². The van der Waals surface area contributed by atoms with Gasteiger partial charge in [-0.3, -0.25) is 0 Å². The fourth-order valence-electron chi connectivity index (χ4n) is 2.15. The molecule has 1 aromatic carbocycles. The summed E-state index contributed by atoms with van der Waals surface area (Å²) < 4.78 is 0. The highest BCUT2D eigenvalue weighted by Crippen LogP contribution is 2.34. The van der Waals surface area contributed by atoms with Gasteiger partial charge in [0, 0.05) is 4.90 Å². The van der Waals surface area contributed by atoms with Crippen molar-refractivity contribution < 1.29 is 0 Å². The van der Waals surface area contributed by atoms with Crippen molar-refractivity contribution in [2.45, 2.75) is 37.5 Å². The normalized spacial score (nSPS) is 17.3. The molecule has 0 nitrogen and oxygen atoms in total. The van der Waals surface area contributed by atoms with Crippen molar-refractivity contribution in [3.8, 4) is 0 Å². The van der Waals surface area contributed by atoms with E-state index >= 15 is 0 Å². The number of benzene rings is 1. The van der Waals surface area contributed by atoms with Gasteiger partial charge in [0.1, 0.15) is 0 Å². The van der Waals surface area contributed by atoms with Crippen molar-refractivity contribution >= 4 is 18.2 Å². The minimum atomic E-state index is 1.11. The van der Waals surface area contributed by atoms with E-state index in [1.807, 2.05) is 6.07 Å². The zero-order chi connectivity index (χ0) is 9.97. The Morgan fingerprint density at radius 2 is 1.79 bits per heavy atom. The maximum absolute atomic E-state index is 4.51. The van der Waals surface area contributed by atoms with Crippen LogP contribution in [0.1, 0.15) is 38.2 Å². The van der Waals surface area contributed by atoms with Gasteiger partial charge in [0.05, 0.1) is 0 Å². The summed E-state index contributed by atoms with van der Waals surface area (Å²) in [6.07, 6.45) is 5.17. The molecule has 0 unspecified atom stereocenters. The van der Waals surface area contributed by atoms with Crippen LogP contribution < -0.4 is 0 Å². The molecule has 0 heterocycles. The SMILES string of the molecule is CC1=C(c2ccccc2S)CCCC1. The van der Waals surface area contributed by atoms with Crippen LogP contribution in [-0.2, 0) is 0 Å². The summed E-state index contributed by atoms with van der Waals surface area (Å²) in [7, 11) is 0. The van der Waals surface area contributed by atoms with Crippen LogP contribution in [-0.4, -0.2) is 0 Å². The molecule has 0 amide bonds. The van der Waals surface area contributed by atoms with Crippen LogP contribution in [0.2, 0.25) is 0 Å². The lowest BCUT2D eigenvalue weighted by atomic mass is 9.88. The largest absolute Gasteiger partial charge is 0.143 e. The van der Waals surface area contributed by atoms with Crippen LogP contribution in [0, 0.1) is 0 Å². The minimum absolute atomic E-state index is 1.11. The molecule has 0 fully saturated rings. The first-order chi connectivity index (χ1) is 6.79. The Hall–Kier alpha value is -0.690.